The van der Waals surface area contributed by atoms with Gasteiger partial charge < -0.3 is 9.64 Å². The van der Waals surface area contributed by atoms with E-state index in [9.17, 15) is 8.42 Å². The maximum Gasteiger partial charge on any atom is 0.218 e. The first-order chi connectivity index (χ1) is 12.4. The maximum absolute atomic E-state index is 11.7. The average Bonchev–Trinajstić information content (AvgIpc) is 2.67. The van der Waals surface area contributed by atoms with Crippen molar-refractivity contribution in [1.82, 2.24) is 14.3 Å². The van der Waals surface area contributed by atoms with Crippen LogP contribution in [0.5, 0.6) is 5.88 Å². The first kappa shape index (κ1) is 18.1. The molecule has 0 bridgehead atoms. The molecule has 0 atom stereocenters. The Hall–Kier alpha value is -2.70. The number of piperazine rings is 1. The standard InChI is InChI=1S/C17H19N5O3S/c1-25-16-11-15(21-7-9-22(10-8-21)26(2,23)24)19-17(20-16)14-5-3-13(12-18)4-6-14/h3-6,11H,7-10H2,1-2H3. The zero-order valence-corrected chi connectivity index (χ0v) is 15.4. The molecule has 1 aromatic heterocycles. The van der Waals surface area contributed by atoms with E-state index in [0.29, 0.717) is 49.3 Å². The Bertz CT molecular complexity index is 930. The fourth-order valence-corrected chi connectivity index (χ4v) is 3.58. The predicted octanol–water partition coefficient (Wildman–Crippen LogP) is 1.11. The Labute approximate surface area is 152 Å². The Kier molecular flexibility index (Phi) is 5.06. The molecule has 1 saturated heterocycles. The van der Waals surface area contributed by atoms with Crippen LogP contribution in [0.2, 0.25) is 0 Å². The third-order valence-electron chi connectivity index (χ3n) is 4.20. The Morgan fingerprint density at radius 2 is 1.77 bits per heavy atom. The number of nitriles is 1. The molecule has 136 valence electrons. The van der Waals surface area contributed by atoms with Crippen molar-refractivity contribution in [3.63, 3.8) is 0 Å². The molecule has 8 nitrogen and oxygen atoms in total. The molecule has 0 saturated carbocycles. The van der Waals surface area contributed by atoms with Crippen LogP contribution in [0.25, 0.3) is 11.4 Å². The van der Waals surface area contributed by atoms with E-state index in [1.807, 2.05) is 4.90 Å². The molecule has 0 unspecified atom stereocenters. The normalized spacial score (nSPS) is 15.5. The summed E-state index contributed by atoms with van der Waals surface area (Å²) in [7, 11) is -1.64. The summed E-state index contributed by atoms with van der Waals surface area (Å²) in [6.07, 6.45) is 1.22. The summed E-state index contributed by atoms with van der Waals surface area (Å²) in [5.41, 5.74) is 1.34. The minimum atomic E-state index is -3.18. The average molecular weight is 373 g/mol. The molecule has 0 spiro atoms. The van der Waals surface area contributed by atoms with E-state index in [-0.39, 0.29) is 0 Å². The molecule has 26 heavy (non-hydrogen) atoms. The lowest BCUT2D eigenvalue weighted by molar-refractivity contribution is 0.383. The van der Waals surface area contributed by atoms with Gasteiger partial charge in [0.25, 0.3) is 0 Å². The van der Waals surface area contributed by atoms with Crippen LogP contribution in [0.4, 0.5) is 5.82 Å². The molecule has 1 aliphatic heterocycles. The van der Waals surface area contributed by atoms with Crippen molar-refractivity contribution in [3.8, 4) is 23.3 Å². The maximum atomic E-state index is 11.7. The van der Waals surface area contributed by atoms with Crippen LogP contribution in [0.3, 0.4) is 0 Å². The van der Waals surface area contributed by atoms with Crippen LogP contribution in [0.15, 0.2) is 30.3 Å². The van der Waals surface area contributed by atoms with E-state index in [1.54, 1.807) is 30.3 Å². The van der Waals surface area contributed by atoms with E-state index >= 15 is 0 Å². The van der Waals surface area contributed by atoms with Gasteiger partial charge in [-0.3, -0.25) is 0 Å². The predicted molar refractivity (Wildman–Crippen MR) is 97.4 cm³/mol. The molecule has 0 amide bonds. The lowest BCUT2D eigenvalue weighted by atomic mass is 10.1. The van der Waals surface area contributed by atoms with Gasteiger partial charge in [0, 0.05) is 37.8 Å². The van der Waals surface area contributed by atoms with E-state index in [4.69, 9.17) is 10.00 Å². The number of benzene rings is 1. The summed E-state index contributed by atoms with van der Waals surface area (Å²) in [4.78, 5) is 11.0. The van der Waals surface area contributed by atoms with Gasteiger partial charge >= 0.3 is 0 Å². The van der Waals surface area contributed by atoms with Crippen LogP contribution in [0.1, 0.15) is 5.56 Å². The van der Waals surface area contributed by atoms with Crippen molar-refractivity contribution in [2.45, 2.75) is 0 Å². The number of nitrogens with zero attached hydrogens (tertiary/aromatic N) is 5. The number of methoxy groups -OCH3 is 1. The molecular weight excluding hydrogens is 354 g/mol. The first-order valence-electron chi connectivity index (χ1n) is 8.04. The monoisotopic (exact) mass is 373 g/mol. The molecule has 1 aromatic carbocycles. The van der Waals surface area contributed by atoms with Crippen molar-refractivity contribution < 1.29 is 13.2 Å². The van der Waals surface area contributed by atoms with E-state index < -0.39 is 10.0 Å². The number of hydrogen-bond donors (Lipinski definition) is 0. The second kappa shape index (κ2) is 7.27. The van der Waals surface area contributed by atoms with Gasteiger partial charge in [0.1, 0.15) is 5.82 Å². The van der Waals surface area contributed by atoms with Gasteiger partial charge in [-0.2, -0.15) is 14.6 Å². The second-order valence-corrected chi connectivity index (χ2v) is 7.91. The van der Waals surface area contributed by atoms with Gasteiger partial charge in [-0.25, -0.2) is 13.4 Å². The lowest BCUT2D eigenvalue weighted by Gasteiger charge is -2.34. The number of rotatable bonds is 4. The largest absolute Gasteiger partial charge is 0.481 e. The molecule has 2 heterocycles. The van der Waals surface area contributed by atoms with Crippen LogP contribution in [0, 0.1) is 11.3 Å². The molecule has 1 fully saturated rings. The molecule has 2 aromatic rings. The van der Waals surface area contributed by atoms with Crippen LogP contribution in [-0.2, 0) is 10.0 Å². The lowest BCUT2D eigenvalue weighted by Crippen LogP contribution is -2.48. The van der Waals surface area contributed by atoms with E-state index in [1.165, 1.54) is 17.7 Å². The first-order valence-corrected chi connectivity index (χ1v) is 9.89. The molecule has 0 N–H and O–H groups in total. The number of anilines is 1. The van der Waals surface area contributed by atoms with Gasteiger partial charge in [-0.15, -0.1) is 0 Å². The summed E-state index contributed by atoms with van der Waals surface area (Å²) >= 11 is 0. The van der Waals surface area contributed by atoms with Gasteiger partial charge in [-0.1, -0.05) is 0 Å². The summed E-state index contributed by atoms with van der Waals surface area (Å²) in [6.45, 7) is 1.91. The van der Waals surface area contributed by atoms with Crippen LogP contribution < -0.4 is 9.64 Å². The minimum Gasteiger partial charge on any atom is -0.481 e. The molecule has 0 radical (unpaired) electrons. The summed E-state index contributed by atoms with van der Waals surface area (Å²) in [5.74, 6) is 1.61. The minimum absolute atomic E-state index is 0.414. The fourth-order valence-electron chi connectivity index (χ4n) is 2.75. The SMILES string of the molecule is COc1cc(N2CCN(S(C)(=O)=O)CC2)nc(-c2ccc(C#N)cc2)n1. The van der Waals surface area contributed by atoms with Gasteiger partial charge in [0.2, 0.25) is 15.9 Å². The fraction of sp³-hybridized carbons (Fsp3) is 0.353. The molecule has 3 rings (SSSR count). The van der Waals surface area contributed by atoms with Crippen molar-refractivity contribution in [1.29, 1.82) is 5.26 Å². The van der Waals surface area contributed by atoms with Crippen molar-refractivity contribution in [3.05, 3.63) is 35.9 Å². The van der Waals surface area contributed by atoms with E-state index in [2.05, 4.69) is 16.0 Å². The molecule has 0 aliphatic carbocycles. The van der Waals surface area contributed by atoms with Gasteiger partial charge in [0.15, 0.2) is 5.82 Å². The highest BCUT2D eigenvalue weighted by Crippen LogP contribution is 2.25. The summed E-state index contributed by atoms with van der Waals surface area (Å²) in [6, 6.07) is 10.8. The number of hydrogen-bond acceptors (Lipinski definition) is 7. The highest BCUT2D eigenvalue weighted by Gasteiger charge is 2.24. The van der Waals surface area contributed by atoms with Crippen molar-refractivity contribution in [2.75, 3.05) is 44.4 Å². The second-order valence-electron chi connectivity index (χ2n) is 5.93. The highest BCUT2D eigenvalue weighted by molar-refractivity contribution is 7.88. The van der Waals surface area contributed by atoms with Crippen LogP contribution in [-0.4, -0.2) is 62.2 Å². The summed E-state index contributed by atoms with van der Waals surface area (Å²) in [5, 5.41) is 8.92. The molecule has 9 heteroatoms. The smallest absolute Gasteiger partial charge is 0.218 e. The Morgan fingerprint density at radius 1 is 1.12 bits per heavy atom. The third-order valence-corrected chi connectivity index (χ3v) is 5.51. The number of sulfonamides is 1. The Morgan fingerprint density at radius 3 is 2.31 bits per heavy atom. The van der Waals surface area contributed by atoms with Gasteiger partial charge in [0.05, 0.1) is 25.0 Å². The molecular formula is C17H19N5O3S. The Balaban J connectivity index is 1.87. The van der Waals surface area contributed by atoms with Crippen LogP contribution >= 0.6 is 0 Å². The quantitative estimate of drug-likeness (QED) is 0.791. The number of aromatic nitrogens is 2. The van der Waals surface area contributed by atoms with E-state index in [0.717, 1.165) is 5.56 Å². The van der Waals surface area contributed by atoms with Crippen molar-refractivity contribution >= 4 is 15.8 Å². The highest BCUT2D eigenvalue weighted by atomic mass is 32.2. The van der Waals surface area contributed by atoms with Gasteiger partial charge in [-0.05, 0) is 24.3 Å². The topological polar surface area (TPSA) is 99.4 Å². The zero-order valence-electron chi connectivity index (χ0n) is 14.6. The van der Waals surface area contributed by atoms with Crippen molar-refractivity contribution in [2.24, 2.45) is 0 Å². The summed E-state index contributed by atoms with van der Waals surface area (Å²) < 4.78 is 30.1. The molecule has 1 aliphatic rings. The number of ether oxygens (including phenoxy) is 1. The zero-order chi connectivity index (χ0) is 18.7. The third kappa shape index (κ3) is 3.92.